The van der Waals surface area contributed by atoms with E-state index in [2.05, 4.69) is 21.2 Å². The highest BCUT2D eigenvalue weighted by molar-refractivity contribution is 9.10. The van der Waals surface area contributed by atoms with Crippen molar-refractivity contribution in [2.45, 2.75) is 26.4 Å². The zero-order chi connectivity index (χ0) is 13.9. The summed E-state index contributed by atoms with van der Waals surface area (Å²) in [6.45, 7) is 5.39. The Labute approximate surface area is 120 Å². The molecule has 0 aliphatic heterocycles. The first kappa shape index (κ1) is 15.1. The summed E-state index contributed by atoms with van der Waals surface area (Å²) in [4.78, 5) is 11.6. The van der Waals surface area contributed by atoms with Gasteiger partial charge in [0.25, 0.3) is 0 Å². The number of methoxy groups -OCH3 is 1. The van der Waals surface area contributed by atoms with Crippen LogP contribution in [-0.2, 0) is 4.74 Å². The first-order chi connectivity index (χ1) is 8.23. The third-order valence-corrected chi connectivity index (χ3v) is 2.83. The van der Waals surface area contributed by atoms with Crippen LogP contribution in [0.15, 0.2) is 16.6 Å². The van der Waals surface area contributed by atoms with Gasteiger partial charge in [-0.05, 0) is 42.8 Å². The van der Waals surface area contributed by atoms with E-state index in [0.717, 1.165) is 0 Å². The van der Waals surface area contributed by atoms with Crippen LogP contribution in [0.5, 0.6) is 5.75 Å². The van der Waals surface area contributed by atoms with Crippen molar-refractivity contribution in [2.75, 3.05) is 12.4 Å². The molecule has 0 saturated carbocycles. The van der Waals surface area contributed by atoms with Gasteiger partial charge < -0.3 is 9.47 Å². The molecule has 0 saturated heterocycles. The zero-order valence-corrected chi connectivity index (χ0v) is 13.0. The van der Waals surface area contributed by atoms with Gasteiger partial charge in [0.05, 0.1) is 17.8 Å². The summed E-state index contributed by atoms with van der Waals surface area (Å²) in [5, 5.41) is 3.08. The molecule has 100 valence electrons. The molecule has 0 radical (unpaired) electrons. The number of carbonyl (C=O) groups excluding carboxylic acids is 1. The molecule has 0 unspecified atom stereocenters. The number of benzene rings is 1. The predicted octanol–water partition coefficient (Wildman–Crippen LogP) is 4.46. The van der Waals surface area contributed by atoms with Crippen LogP contribution in [0.4, 0.5) is 10.5 Å². The highest BCUT2D eigenvalue weighted by Crippen LogP contribution is 2.34. The first-order valence-corrected chi connectivity index (χ1v) is 6.43. The highest BCUT2D eigenvalue weighted by atomic mass is 79.9. The van der Waals surface area contributed by atoms with Gasteiger partial charge in [0, 0.05) is 10.5 Å². The summed E-state index contributed by atoms with van der Waals surface area (Å²) in [5.74, 6) is 0.478. The Morgan fingerprint density at radius 3 is 2.50 bits per heavy atom. The van der Waals surface area contributed by atoms with Crippen molar-refractivity contribution in [3.05, 3.63) is 21.6 Å². The fourth-order valence-corrected chi connectivity index (χ4v) is 2.01. The lowest BCUT2D eigenvalue weighted by molar-refractivity contribution is 0.0636. The normalized spacial score (nSPS) is 11.0. The van der Waals surface area contributed by atoms with Crippen molar-refractivity contribution in [2.24, 2.45) is 0 Å². The average molecular weight is 337 g/mol. The van der Waals surface area contributed by atoms with Crippen molar-refractivity contribution in [3.63, 3.8) is 0 Å². The van der Waals surface area contributed by atoms with Gasteiger partial charge in [0.1, 0.15) is 11.4 Å². The Morgan fingerprint density at radius 2 is 2.00 bits per heavy atom. The van der Waals surface area contributed by atoms with E-state index < -0.39 is 11.7 Å². The molecule has 0 atom stereocenters. The summed E-state index contributed by atoms with van der Waals surface area (Å²) in [6.07, 6.45) is -0.535. The van der Waals surface area contributed by atoms with E-state index in [1.54, 1.807) is 32.9 Å². The van der Waals surface area contributed by atoms with Crippen LogP contribution in [-0.4, -0.2) is 18.8 Å². The van der Waals surface area contributed by atoms with Crippen LogP contribution in [0, 0.1) is 0 Å². The average Bonchev–Trinajstić information content (AvgIpc) is 2.19. The molecule has 18 heavy (non-hydrogen) atoms. The number of hydrogen-bond acceptors (Lipinski definition) is 3. The molecule has 1 rings (SSSR count). The van der Waals surface area contributed by atoms with Crippen LogP contribution in [0.2, 0.25) is 5.02 Å². The van der Waals surface area contributed by atoms with Gasteiger partial charge in [-0.1, -0.05) is 11.6 Å². The van der Waals surface area contributed by atoms with Gasteiger partial charge in [-0.25, -0.2) is 4.79 Å². The van der Waals surface area contributed by atoms with Gasteiger partial charge in [-0.2, -0.15) is 0 Å². The third-order valence-electron chi connectivity index (χ3n) is 1.88. The van der Waals surface area contributed by atoms with Crippen molar-refractivity contribution in [3.8, 4) is 5.75 Å². The first-order valence-electron chi connectivity index (χ1n) is 5.26. The minimum atomic E-state index is -0.549. The van der Waals surface area contributed by atoms with Crippen molar-refractivity contribution < 1.29 is 14.3 Å². The zero-order valence-electron chi connectivity index (χ0n) is 10.6. The second-order valence-corrected chi connectivity index (χ2v) is 5.86. The van der Waals surface area contributed by atoms with Crippen LogP contribution in [0.1, 0.15) is 20.8 Å². The number of ether oxygens (including phenoxy) is 2. The molecule has 4 nitrogen and oxygen atoms in total. The van der Waals surface area contributed by atoms with Gasteiger partial charge >= 0.3 is 6.09 Å². The van der Waals surface area contributed by atoms with Crippen molar-refractivity contribution in [1.29, 1.82) is 0 Å². The van der Waals surface area contributed by atoms with E-state index in [0.29, 0.717) is 20.9 Å². The number of amides is 1. The molecule has 6 heteroatoms. The van der Waals surface area contributed by atoms with Crippen molar-refractivity contribution in [1.82, 2.24) is 0 Å². The van der Waals surface area contributed by atoms with Gasteiger partial charge in [0.2, 0.25) is 0 Å². The quantitative estimate of drug-likeness (QED) is 0.867. The maximum absolute atomic E-state index is 11.6. The summed E-state index contributed by atoms with van der Waals surface area (Å²) in [6, 6.07) is 3.27. The molecule has 0 heterocycles. The number of carbonyl (C=O) groups is 1. The lowest BCUT2D eigenvalue weighted by Gasteiger charge is -2.20. The molecule has 1 aromatic carbocycles. The van der Waals surface area contributed by atoms with Crippen LogP contribution < -0.4 is 10.1 Å². The molecular formula is C12H15BrClNO3. The monoisotopic (exact) mass is 335 g/mol. The minimum absolute atomic E-state index is 0.458. The Morgan fingerprint density at radius 1 is 1.39 bits per heavy atom. The topological polar surface area (TPSA) is 47.6 Å². The van der Waals surface area contributed by atoms with Gasteiger partial charge in [0.15, 0.2) is 0 Å². The van der Waals surface area contributed by atoms with Crippen molar-refractivity contribution >= 4 is 39.3 Å². The molecule has 0 bridgehead atoms. The fraction of sp³-hybridized carbons (Fsp3) is 0.417. The molecule has 0 aromatic heterocycles. The maximum Gasteiger partial charge on any atom is 0.412 e. The molecule has 0 aliphatic carbocycles. The highest BCUT2D eigenvalue weighted by Gasteiger charge is 2.17. The van der Waals surface area contributed by atoms with Gasteiger partial charge in [-0.3, -0.25) is 5.32 Å². The smallest absolute Gasteiger partial charge is 0.412 e. The third kappa shape index (κ3) is 4.38. The standard InChI is InChI=1S/C12H15BrClNO3/c1-12(2,3)18-11(16)15-9-6-10(17-4)8(14)5-7(9)13/h5-6H,1-4H3,(H,15,16). The SMILES string of the molecule is COc1cc(NC(=O)OC(C)(C)C)c(Br)cc1Cl. The summed E-state index contributed by atoms with van der Waals surface area (Å²) >= 11 is 9.25. The summed E-state index contributed by atoms with van der Waals surface area (Å²) in [5.41, 5.74) is -0.0157. The van der Waals surface area contributed by atoms with E-state index in [9.17, 15) is 4.79 Å². The van der Waals surface area contributed by atoms with E-state index in [1.165, 1.54) is 7.11 Å². The van der Waals surface area contributed by atoms with Crippen LogP contribution in [0.25, 0.3) is 0 Å². The second-order valence-electron chi connectivity index (χ2n) is 4.59. The lowest BCUT2D eigenvalue weighted by atomic mass is 10.2. The summed E-state index contributed by atoms with van der Waals surface area (Å²) < 4.78 is 10.9. The molecule has 1 N–H and O–H groups in total. The molecular weight excluding hydrogens is 321 g/mol. The number of nitrogens with one attached hydrogen (secondary N) is 1. The number of halogens is 2. The fourth-order valence-electron chi connectivity index (χ4n) is 1.19. The van der Waals surface area contributed by atoms with Gasteiger partial charge in [-0.15, -0.1) is 0 Å². The Kier molecular flexibility index (Phi) is 4.87. The maximum atomic E-state index is 11.6. The number of anilines is 1. The Balaban J connectivity index is 2.88. The van der Waals surface area contributed by atoms with E-state index in [1.807, 2.05) is 0 Å². The lowest BCUT2D eigenvalue weighted by Crippen LogP contribution is -2.27. The van der Waals surface area contributed by atoms with E-state index >= 15 is 0 Å². The number of hydrogen-bond donors (Lipinski definition) is 1. The number of rotatable bonds is 2. The molecule has 1 amide bonds. The Bertz CT molecular complexity index is 457. The second kappa shape index (κ2) is 5.80. The molecule has 0 fully saturated rings. The molecule has 0 spiro atoms. The predicted molar refractivity (Wildman–Crippen MR) is 75.6 cm³/mol. The minimum Gasteiger partial charge on any atom is -0.495 e. The van der Waals surface area contributed by atoms with Crippen LogP contribution >= 0.6 is 27.5 Å². The van der Waals surface area contributed by atoms with E-state index in [-0.39, 0.29) is 0 Å². The largest absolute Gasteiger partial charge is 0.495 e. The molecule has 0 aliphatic rings. The summed E-state index contributed by atoms with van der Waals surface area (Å²) in [7, 11) is 1.51. The van der Waals surface area contributed by atoms with Crippen LogP contribution in [0.3, 0.4) is 0 Å². The molecule has 1 aromatic rings. The Hall–Kier alpha value is -0.940. The van der Waals surface area contributed by atoms with E-state index in [4.69, 9.17) is 21.1 Å².